The molecule has 2 rings (SSSR count). The number of carbonyl (C=O) groups is 1. The van der Waals surface area contributed by atoms with E-state index in [1.165, 1.54) is 0 Å². The monoisotopic (exact) mass is 529 g/mol. The SMILES string of the molecule is CCNC(=NCCCN1CCCC1=O)NCCNc1nccc(C(F)(F)F)n1.I. The van der Waals surface area contributed by atoms with E-state index in [9.17, 15) is 18.0 Å². The van der Waals surface area contributed by atoms with E-state index < -0.39 is 11.9 Å². The first-order valence-electron chi connectivity index (χ1n) is 9.34. The lowest BCUT2D eigenvalue weighted by molar-refractivity contribution is -0.141. The molecule has 12 heteroatoms. The summed E-state index contributed by atoms with van der Waals surface area (Å²) in [5.74, 6) is 0.743. The molecule has 3 N–H and O–H groups in total. The molecule has 0 atom stereocenters. The lowest BCUT2D eigenvalue weighted by Gasteiger charge is -2.15. The number of aromatic nitrogens is 2. The first kappa shape index (κ1) is 25.2. The minimum absolute atomic E-state index is 0. The second-order valence-electron chi connectivity index (χ2n) is 6.22. The molecular weight excluding hydrogens is 502 g/mol. The summed E-state index contributed by atoms with van der Waals surface area (Å²) in [6, 6.07) is 0.828. The number of guanidine groups is 1. The predicted octanol–water partition coefficient (Wildman–Crippen LogP) is 2.09. The van der Waals surface area contributed by atoms with E-state index in [1.54, 1.807) is 0 Å². The number of nitrogens with one attached hydrogen (secondary N) is 3. The van der Waals surface area contributed by atoms with E-state index in [2.05, 4.69) is 30.9 Å². The molecule has 0 unspecified atom stereocenters. The average molecular weight is 529 g/mol. The van der Waals surface area contributed by atoms with Gasteiger partial charge in [-0.2, -0.15) is 13.2 Å². The van der Waals surface area contributed by atoms with Crippen LogP contribution in [0, 0.1) is 0 Å². The van der Waals surface area contributed by atoms with Crippen LogP contribution in [0.1, 0.15) is 31.9 Å². The van der Waals surface area contributed by atoms with E-state index in [4.69, 9.17) is 0 Å². The van der Waals surface area contributed by atoms with Gasteiger partial charge in [-0.05, 0) is 25.8 Å². The summed E-state index contributed by atoms with van der Waals surface area (Å²) in [4.78, 5) is 25.1. The summed E-state index contributed by atoms with van der Waals surface area (Å²) in [7, 11) is 0. The first-order valence-corrected chi connectivity index (χ1v) is 9.34. The smallest absolute Gasteiger partial charge is 0.357 e. The molecule has 1 aliphatic heterocycles. The van der Waals surface area contributed by atoms with Crippen LogP contribution in [-0.2, 0) is 11.0 Å². The van der Waals surface area contributed by atoms with Crippen LogP contribution in [0.25, 0.3) is 0 Å². The van der Waals surface area contributed by atoms with Crippen molar-refractivity contribution in [3.8, 4) is 0 Å². The third-order valence-electron chi connectivity index (χ3n) is 4.02. The van der Waals surface area contributed by atoms with Crippen molar-refractivity contribution in [3.05, 3.63) is 18.0 Å². The molecule has 0 saturated carbocycles. The maximum absolute atomic E-state index is 12.6. The minimum Gasteiger partial charge on any atom is -0.357 e. The van der Waals surface area contributed by atoms with Crippen molar-refractivity contribution in [3.63, 3.8) is 0 Å². The number of anilines is 1. The molecule has 164 valence electrons. The predicted molar refractivity (Wildman–Crippen MR) is 115 cm³/mol. The Kier molecular flexibility index (Phi) is 11.0. The van der Waals surface area contributed by atoms with Gasteiger partial charge in [-0.1, -0.05) is 0 Å². The largest absolute Gasteiger partial charge is 0.433 e. The van der Waals surface area contributed by atoms with Crippen LogP contribution in [-0.4, -0.2) is 66.0 Å². The highest BCUT2D eigenvalue weighted by Gasteiger charge is 2.32. The van der Waals surface area contributed by atoms with Crippen molar-refractivity contribution in [2.45, 2.75) is 32.4 Å². The molecule has 0 radical (unpaired) electrons. The van der Waals surface area contributed by atoms with Gasteiger partial charge in [0.2, 0.25) is 11.9 Å². The number of aliphatic imine (C=N–C) groups is 1. The van der Waals surface area contributed by atoms with Gasteiger partial charge < -0.3 is 20.9 Å². The van der Waals surface area contributed by atoms with Gasteiger partial charge in [0.15, 0.2) is 5.96 Å². The van der Waals surface area contributed by atoms with Gasteiger partial charge in [-0.25, -0.2) is 9.97 Å². The van der Waals surface area contributed by atoms with Gasteiger partial charge >= 0.3 is 6.18 Å². The number of alkyl halides is 3. The molecule has 1 aromatic heterocycles. The van der Waals surface area contributed by atoms with Crippen molar-refractivity contribution in [1.29, 1.82) is 0 Å². The Morgan fingerprint density at radius 2 is 2.10 bits per heavy atom. The summed E-state index contributed by atoms with van der Waals surface area (Å²) in [5, 5.41) is 8.94. The Labute approximate surface area is 185 Å². The molecule has 1 fully saturated rings. The fraction of sp³-hybridized carbons (Fsp3) is 0.647. The van der Waals surface area contributed by atoms with Gasteiger partial charge in [0.05, 0.1) is 0 Å². The van der Waals surface area contributed by atoms with Crippen LogP contribution < -0.4 is 16.0 Å². The fourth-order valence-electron chi connectivity index (χ4n) is 2.69. The van der Waals surface area contributed by atoms with E-state index in [0.29, 0.717) is 45.1 Å². The molecule has 0 spiro atoms. The van der Waals surface area contributed by atoms with Crippen LogP contribution in [0.4, 0.5) is 19.1 Å². The molecule has 0 bridgehead atoms. The van der Waals surface area contributed by atoms with Gasteiger partial charge in [0.25, 0.3) is 0 Å². The number of nitrogens with zero attached hydrogens (tertiary/aromatic N) is 4. The molecule has 2 heterocycles. The molecule has 1 amide bonds. The Morgan fingerprint density at radius 3 is 2.76 bits per heavy atom. The molecule has 8 nitrogen and oxygen atoms in total. The zero-order valence-electron chi connectivity index (χ0n) is 16.3. The van der Waals surface area contributed by atoms with Gasteiger partial charge in [0.1, 0.15) is 5.69 Å². The van der Waals surface area contributed by atoms with Crippen LogP contribution in [0.3, 0.4) is 0 Å². The van der Waals surface area contributed by atoms with Crippen LogP contribution in [0.5, 0.6) is 0 Å². The number of rotatable bonds is 9. The second kappa shape index (κ2) is 12.6. The number of hydrogen-bond donors (Lipinski definition) is 3. The highest BCUT2D eigenvalue weighted by atomic mass is 127. The third-order valence-corrected chi connectivity index (χ3v) is 4.02. The van der Waals surface area contributed by atoms with Crippen molar-refractivity contribution < 1.29 is 18.0 Å². The standard InChI is InChI=1S/C17H26F3N7O.HI/c1-2-21-15(22-7-4-12-27-11-3-5-14(27)28)24-9-10-25-16-23-8-6-13(26-16)17(18,19)20;/h6,8H,2-5,7,9-12H2,1H3,(H2,21,22,24)(H,23,25,26);1H. The molecule has 1 aliphatic rings. The third kappa shape index (κ3) is 9.00. The maximum atomic E-state index is 12.6. The molecule has 29 heavy (non-hydrogen) atoms. The lowest BCUT2D eigenvalue weighted by atomic mass is 10.4. The normalized spacial score (nSPS) is 14.6. The van der Waals surface area contributed by atoms with Crippen molar-refractivity contribution >= 4 is 41.8 Å². The lowest BCUT2D eigenvalue weighted by Crippen LogP contribution is -2.39. The van der Waals surface area contributed by atoms with Crippen LogP contribution >= 0.6 is 24.0 Å². The number of hydrogen-bond acceptors (Lipinski definition) is 5. The average Bonchev–Trinajstić information content (AvgIpc) is 3.06. The van der Waals surface area contributed by atoms with Crippen molar-refractivity contribution in [1.82, 2.24) is 25.5 Å². The molecule has 0 aromatic carbocycles. The van der Waals surface area contributed by atoms with Crippen molar-refractivity contribution in [2.24, 2.45) is 4.99 Å². The maximum Gasteiger partial charge on any atom is 0.433 e. The zero-order valence-corrected chi connectivity index (χ0v) is 18.6. The molecular formula is C17H27F3IN7O. The summed E-state index contributed by atoms with van der Waals surface area (Å²) >= 11 is 0. The summed E-state index contributed by atoms with van der Waals surface area (Å²) < 4.78 is 37.9. The van der Waals surface area contributed by atoms with E-state index >= 15 is 0 Å². The van der Waals surface area contributed by atoms with Gasteiger partial charge in [-0.15, -0.1) is 24.0 Å². The van der Waals surface area contributed by atoms with Gasteiger partial charge in [0, 0.05) is 51.9 Å². The van der Waals surface area contributed by atoms with Crippen LogP contribution in [0.2, 0.25) is 0 Å². The highest BCUT2D eigenvalue weighted by molar-refractivity contribution is 14.0. The summed E-state index contributed by atoms with van der Waals surface area (Å²) in [6.07, 6.45) is -1.09. The molecule has 1 aromatic rings. The Morgan fingerprint density at radius 1 is 1.31 bits per heavy atom. The Bertz CT molecular complexity index is 673. The van der Waals surface area contributed by atoms with E-state index in [-0.39, 0.29) is 35.8 Å². The first-order chi connectivity index (χ1) is 13.4. The van der Waals surface area contributed by atoms with E-state index in [0.717, 1.165) is 31.6 Å². The number of amides is 1. The van der Waals surface area contributed by atoms with Crippen LogP contribution in [0.15, 0.2) is 17.3 Å². The second-order valence-corrected chi connectivity index (χ2v) is 6.22. The van der Waals surface area contributed by atoms with E-state index in [1.807, 2.05) is 11.8 Å². The summed E-state index contributed by atoms with van der Waals surface area (Å²) in [5.41, 5.74) is -0.982. The fourth-order valence-corrected chi connectivity index (χ4v) is 2.69. The molecule has 0 aliphatic carbocycles. The summed E-state index contributed by atoms with van der Waals surface area (Å²) in [6.45, 7) is 5.48. The number of halogens is 4. The van der Waals surface area contributed by atoms with Crippen molar-refractivity contribution in [2.75, 3.05) is 44.6 Å². The topological polar surface area (TPSA) is 94.5 Å². The highest BCUT2D eigenvalue weighted by Crippen LogP contribution is 2.27. The quantitative estimate of drug-likeness (QED) is 0.196. The zero-order chi connectivity index (χ0) is 20.4. The Hall–Kier alpha value is -1.86. The van der Waals surface area contributed by atoms with Gasteiger partial charge in [-0.3, -0.25) is 9.79 Å². The molecule has 1 saturated heterocycles. The number of likely N-dealkylation sites (tertiary alicyclic amines) is 1. The Balaban J connectivity index is 0.00000420. The number of carbonyl (C=O) groups excluding carboxylic acids is 1. The minimum atomic E-state index is -4.50.